The van der Waals surface area contributed by atoms with Crippen LogP contribution in [-0.2, 0) is 18.9 Å². The van der Waals surface area contributed by atoms with Crippen LogP contribution in [-0.4, -0.2) is 54.2 Å². The maximum absolute atomic E-state index is 12.7. The Morgan fingerprint density at radius 1 is 0.647 bits per heavy atom. The van der Waals surface area contributed by atoms with Crippen LogP contribution >= 0.6 is 0 Å². The average molecular weight is 462 g/mol. The number of carbonyl (C=O) groups excluding carboxylic acids is 3. The summed E-state index contributed by atoms with van der Waals surface area (Å²) in [6.45, 7) is -0.336. The first-order valence-corrected chi connectivity index (χ1v) is 10.6. The first-order valence-electron chi connectivity index (χ1n) is 10.6. The van der Waals surface area contributed by atoms with Crippen LogP contribution in [0.25, 0.3) is 0 Å². The van der Waals surface area contributed by atoms with Crippen molar-refractivity contribution in [2.75, 3.05) is 6.61 Å². The van der Waals surface area contributed by atoms with Crippen LogP contribution < -0.4 is 0 Å². The van der Waals surface area contributed by atoms with Gasteiger partial charge in [-0.3, -0.25) is 0 Å². The number of rotatable bonds is 7. The second-order valence-electron chi connectivity index (χ2n) is 7.50. The normalized spacial score (nSPS) is 21.4. The molecule has 0 bridgehead atoms. The fourth-order valence-corrected chi connectivity index (χ4v) is 3.46. The van der Waals surface area contributed by atoms with E-state index in [-0.39, 0.29) is 17.7 Å². The zero-order valence-electron chi connectivity index (χ0n) is 18.0. The SMILES string of the molecule is O=C(OC[C@H]1O[C@H](O)C(OC(=O)c2ccccc2)C1OC(=O)c1ccccc1)c1ccccc1. The largest absolute Gasteiger partial charge is 0.459 e. The highest BCUT2D eigenvalue weighted by atomic mass is 16.7. The fourth-order valence-electron chi connectivity index (χ4n) is 3.46. The number of ether oxygens (including phenoxy) is 4. The lowest BCUT2D eigenvalue weighted by atomic mass is 10.1. The smallest absolute Gasteiger partial charge is 0.338 e. The number of aliphatic hydroxyl groups is 1. The number of hydrogen-bond donors (Lipinski definition) is 1. The summed E-state index contributed by atoms with van der Waals surface area (Å²) in [5, 5.41) is 10.5. The molecule has 1 aliphatic rings. The summed E-state index contributed by atoms with van der Waals surface area (Å²) >= 11 is 0. The predicted molar refractivity (Wildman–Crippen MR) is 119 cm³/mol. The standard InChI is InChI=1S/C26H22O8/c27-23(17-10-4-1-5-11-17)31-16-20-21(33-24(28)18-12-6-2-7-13-18)22(26(30)32-20)34-25(29)19-14-8-3-9-15-19/h1-15,20-22,26,30H,16H2/t20-,21?,22?,26+/m1/s1. The minimum Gasteiger partial charge on any atom is -0.459 e. The van der Waals surface area contributed by atoms with Gasteiger partial charge in [-0.15, -0.1) is 0 Å². The van der Waals surface area contributed by atoms with Crippen molar-refractivity contribution in [2.45, 2.75) is 24.6 Å². The van der Waals surface area contributed by atoms with Crippen molar-refractivity contribution in [3.8, 4) is 0 Å². The number of benzene rings is 3. The van der Waals surface area contributed by atoms with Gasteiger partial charge < -0.3 is 24.1 Å². The van der Waals surface area contributed by atoms with E-state index < -0.39 is 42.5 Å². The Labute approximate surface area is 195 Å². The molecule has 1 saturated heterocycles. The molecule has 3 aromatic rings. The number of carbonyl (C=O) groups is 3. The summed E-state index contributed by atoms with van der Waals surface area (Å²) in [4.78, 5) is 37.6. The molecule has 0 amide bonds. The molecule has 0 aromatic heterocycles. The Morgan fingerprint density at radius 3 is 1.53 bits per heavy atom. The van der Waals surface area contributed by atoms with E-state index >= 15 is 0 Å². The topological polar surface area (TPSA) is 108 Å². The molecule has 3 aromatic carbocycles. The van der Waals surface area contributed by atoms with Gasteiger partial charge in [-0.05, 0) is 36.4 Å². The molecular formula is C26H22O8. The Bertz CT molecular complexity index is 1120. The van der Waals surface area contributed by atoms with Crippen LogP contribution in [0.2, 0.25) is 0 Å². The Hall–Kier alpha value is -4.01. The van der Waals surface area contributed by atoms with Gasteiger partial charge in [0.25, 0.3) is 0 Å². The summed E-state index contributed by atoms with van der Waals surface area (Å²) in [6.07, 6.45) is -5.22. The van der Waals surface area contributed by atoms with Crippen LogP contribution in [0.4, 0.5) is 0 Å². The fraction of sp³-hybridized carbons (Fsp3) is 0.192. The van der Waals surface area contributed by atoms with Crippen LogP contribution in [0.1, 0.15) is 31.1 Å². The van der Waals surface area contributed by atoms with Crippen molar-refractivity contribution >= 4 is 17.9 Å². The van der Waals surface area contributed by atoms with E-state index in [2.05, 4.69) is 0 Å². The molecule has 0 saturated carbocycles. The maximum atomic E-state index is 12.7. The minimum absolute atomic E-state index is 0.252. The average Bonchev–Trinajstić information content (AvgIpc) is 3.17. The van der Waals surface area contributed by atoms with Crippen molar-refractivity contribution in [1.29, 1.82) is 0 Å². The zero-order chi connectivity index (χ0) is 23.9. The van der Waals surface area contributed by atoms with E-state index in [0.717, 1.165) is 0 Å². The van der Waals surface area contributed by atoms with Gasteiger partial charge in [0.15, 0.2) is 18.5 Å². The highest BCUT2D eigenvalue weighted by Crippen LogP contribution is 2.28. The van der Waals surface area contributed by atoms with Gasteiger partial charge in [-0.25, -0.2) is 14.4 Å². The zero-order valence-corrected chi connectivity index (χ0v) is 18.0. The molecule has 8 heteroatoms. The van der Waals surface area contributed by atoms with Gasteiger partial charge in [0.05, 0.1) is 16.7 Å². The van der Waals surface area contributed by atoms with Crippen molar-refractivity contribution in [1.82, 2.24) is 0 Å². The summed E-state index contributed by atoms with van der Waals surface area (Å²) in [5.74, 6) is -2.05. The van der Waals surface area contributed by atoms with Gasteiger partial charge in [0.1, 0.15) is 12.7 Å². The first kappa shape index (κ1) is 23.2. The van der Waals surface area contributed by atoms with Gasteiger partial charge in [0, 0.05) is 0 Å². The van der Waals surface area contributed by atoms with Crippen molar-refractivity contribution in [3.05, 3.63) is 108 Å². The molecule has 34 heavy (non-hydrogen) atoms. The van der Waals surface area contributed by atoms with Gasteiger partial charge in [-0.1, -0.05) is 54.6 Å². The van der Waals surface area contributed by atoms with Crippen LogP contribution in [0.15, 0.2) is 91.0 Å². The number of esters is 3. The Morgan fingerprint density at radius 2 is 1.06 bits per heavy atom. The van der Waals surface area contributed by atoms with Gasteiger partial charge in [0.2, 0.25) is 0 Å². The molecule has 1 fully saturated rings. The molecular weight excluding hydrogens is 440 g/mol. The third kappa shape index (κ3) is 5.48. The minimum atomic E-state index is -1.60. The lowest BCUT2D eigenvalue weighted by Crippen LogP contribution is -2.42. The molecule has 174 valence electrons. The third-order valence-corrected chi connectivity index (χ3v) is 5.18. The maximum Gasteiger partial charge on any atom is 0.338 e. The van der Waals surface area contributed by atoms with Gasteiger partial charge in [-0.2, -0.15) is 0 Å². The summed E-state index contributed by atoms with van der Waals surface area (Å²) < 4.78 is 21.8. The molecule has 4 atom stereocenters. The Balaban J connectivity index is 1.51. The second kappa shape index (κ2) is 10.7. The molecule has 8 nitrogen and oxygen atoms in total. The lowest BCUT2D eigenvalue weighted by molar-refractivity contribution is -0.135. The molecule has 1 heterocycles. The molecule has 0 spiro atoms. The molecule has 4 rings (SSSR count). The summed E-state index contributed by atoms with van der Waals surface area (Å²) in [7, 11) is 0. The van der Waals surface area contributed by atoms with Crippen LogP contribution in [0, 0.1) is 0 Å². The second-order valence-corrected chi connectivity index (χ2v) is 7.50. The predicted octanol–water partition coefficient (Wildman–Crippen LogP) is 3.01. The first-order chi connectivity index (χ1) is 16.5. The third-order valence-electron chi connectivity index (χ3n) is 5.18. The number of hydrogen-bond acceptors (Lipinski definition) is 8. The lowest BCUT2D eigenvalue weighted by Gasteiger charge is -2.23. The molecule has 0 aliphatic carbocycles. The quantitative estimate of drug-likeness (QED) is 0.422. The van der Waals surface area contributed by atoms with E-state index in [4.69, 9.17) is 18.9 Å². The van der Waals surface area contributed by atoms with Crippen LogP contribution in [0.5, 0.6) is 0 Å². The van der Waals surface area contributed by atoms with E-state index in [9.17, 15) is 19.5 Å². The molecule has 0 radical (unpaired) electrons. The number of aliphatic hydroxyl groups excluding tert-OH is 1. The monoisotopic (exact) mass is 462 g/mol. The van der Waals surface area contributed by atoms with Crippen molar-refractivity contribution in [3.63, 3.8) is 0 Å². The summed E-state index contributed by atoms with van der Waals surface area (Å²) in [5.41, 5.74) is 0.838. The van der Waals surface area contributed by atoms with Crippen LogP contribution in [0.3, 0.4) is 0 Å². The van der Waals surface area contributed by atoms with E-state index in [1.165, 1.54) is 0 Å². The van der Waals surface area contributed by atoms with Crippen molar-refractivity contribution < 1.29 is 38.4 Å². The highest BCUT2D eigenvalue weighted by molar-refractivity contribution is 5.90. The van der Waals surface area contributed by atoms with E-state index in [1.54, 1.807) is 91.0 Å². The molecule has 2 unspecified atom stereocenters. The molecule has 1 N–H and O–H groups in total. The van der Waals surface area contributed by atoms with E-state index in [1.807, 2.05) is 0 Å². The Kier molecular flexibility index (Phi) is 7.31. The van der Waals surface area contributed by atoms with E-state index in [0.29, 0.717) is 5.56 Å². The summed E-state index contributed by atoms with van der Waals surface area (Å²) in [6, 6.07) is 24.7. The van der Waals surface area contributed by atoms with Crippen molar-refractivity contribution in [2.24, 2.45) is 0 Å². The highest BCUT2D eigenvalue weighted by Gasteiger charge is 2.50. The van der Waals surface area contributed by atoms with Gasteiger partial charge >= 0.3 is 17.9 Å². The molecule has 1 aliphatic heterocycles.